The Hall–Kier alpha value is -1.35. The molecule has 88 valence electrons. The van der Waals surface area contributed by atoms with Gasteiger partial charge in [-0.3, -0.25) is 4.79 Å². The summed E-state index contributed by atoms with van der Waals surface area (Å²) in [6.45, 7) is 5.57. The second kappa shape index (κ2) is 7.01. The van der Waals surface area contributed by atoms with Gasteiger partial charge in [0.25, 0.3) is 0 Å². The number of carbonyl (C=O) groups is 1. The van der Waals surface area contributed by atoms with Gasteiger partial charge in [0.05, 0.1) is 6.61 Å². The van der Waals surface area contributed by atoms with Crippen molar-refractivity contribution in [2.75, 3.05) is 19.8 Å². The minimum atomic E-state index is 0.134. The number of hydrogen-bond acceptors (Lipinski definition) is 3. The molecule has 0 unspecified atom stereocenters. The molecule has 3 heteroatoms. The van der Waals surface area contributed by atoms with Crippen LogP contribution in [0.25, 0.3) is 0 Å². The molecule has 1 rings (SSSR count). The summed E-state index contributed by atoms with van der Waals surface area (Å²) in [7, 11) is 0. The van der Waals surface area contributed by atoms with E-state index in [-0.39, 0.29) is 5.78 Å². The van der Waals surface area contributed by atoms with Crippen LogP contribution in [0.3, 0.4) is 0 Å². The molecule has 0 saturated heterocycles. The van der Waals surface area contributed by atoms with Gasteiger partial charge in [-0.15, -0.1) is 0 Å². The molecule has 0 aromatic heterocycles. The van der Waals surface area contributed by atoms with Crippen molar-refractivity contribution in [2.24, 2.45) is 0 Å². The molecule has 0 bridgehead atoms. The summed E-state index contributed by atoms with van der Waals surface area (Å²) in [5, 5.41) is 0. The first-order valence-electron chi connectivity index (χ1n) is 5.61. The smallest absolute Gasteiger partial charge is 0.162 e. The molecule has 0 aliphatic rings. The number of hydrogen-bond donors (Lipinski definition) is 0. The van der Waals surface area contributed by atoms with E-state index in [1.165, 1.54) is 0 Å². The van der Waals surface area contributed by atoms with Crippen molar-refractivity contribution >= 4 is 5.78 Å². The Morgan fingerprint density at radius 3 is 2.75 bits per heavy atom. The summed E-state index contributed by atoms with van der Waals surface area (Å²) in [4.78, 5) is 11.5. The van der Waals surface area contributed by atoms with Crippen LogP contribution in [0.2, 0.25) is 0 Å². The van der Waals surface area contributed by atoms with Gasteiger partial charge in [0.2, 0.25) is 0 Å². The van der Waals surface area contributed by atoms with Gasteiger partial charge in [0, 0.05) is 18.6 Å². The van der Waals surface area contributed by atoms with Gasteiger partial charge in [0.1, 0.15) is 12.4 Å². The highest BCUT2D eigenvalue weighted by Crippen LogP contribution is 2.14. The summed E-state index contributed by atoms with van der Waals surface area (Å²) in [5.74, 6) is 0.856. The molecule has 3 nitrogen and oxygen atoms in total. The second-order valence-corrected chi connectivity index (χ2v) is 3.35. The Morgan fingerprint density at radius 2 is 2.06 bits per heavy atom. The van der Waals surface area contributed by atoms with Crippen molar-refractivity contribution in [3.8, 4) is 5.75 Å². The first-order chi connectivity index (χ1) is 7.77. The van der Waals surface area contributed by atoms with Gasteiger partial charge in [0.15, 0.2) is 5.78 Å². The molecule has 16 heavy (non-hydrogen) atoms. The summed E-state index contributed by atoms with van der Waals surface area (Å²) in [5.41, 5.74) is 0.705. The third kappa shape index (κ3) is 4.03. The third-order valence-corrected chi connectivity index (χ3v) is 2.18. The number of Topliss-reactive ketones (excluding diaryl/α,β-unsaturated/α-hetero) is 1. The van der Waals surface area contributed by atoms with Gasteiger partial charge in [-0.05, 0) is 19.1 Å². The molecule has 0 aliphatic carbocycles. The molecule has 0 aliphatic heterocycles. The zero-order valence-corrected chi connectivity index (χ0v) is 9.86. The van der Waals surface area contributed by atoms with Crippen LogP contribution in [0.15, 0.2) is 24.3 Å². The van der Waals surface area contributed by atoms with Crippen LogP contribution in [0.4, 0.5) is 0 Å². The van der Waals surface area contributed by atoms with Crippen molar-refractivity contribution in [1.82, 2.24) is 0 Å². The van der Waals surface area contributed by atoms with Crippen LogP contribution >= 0.6 is 0 Å². The molecule has 0 saturated carbocycles. The minimum absolute atomic E-state index is 0.134. The monoisotopic (exact) mass is 222 g/mol. The average Bonchev–Trinajstić information content (AvgIpc) is 2.34. The largest absolute Gasteiger partial charge is 0.491 e. The summed E-state index contributed by atoms with van der Waals surface area (Å²) in [6, 6.07) is 7.26. The zero-order valence-electron chi connectivity index (χ0n) is 9.86. The van der Waals surface area contributed by atoms with Gasteiger partial charge in [-0.2, -0.15) is 0 Å². The Morgan fingerprint density at radius 1 is 1.25 bits per heavy atom. The summed E-state index contributed by atoms with van der Waals surface area (Å²) < 4.78 is 10.6. The lowest BCUT2D eigenvalue weighted by Gasteiger charge is -2.07. The molecule has 0 radical (unpaired) electrons. The van der Waals surface area contributed by atoms with Crippen LogP contribution in [0, 0.1) is 0 Å². The van der Waals surface area contributed by atoms with E-state index in [0.717, 1.165) is 5.75 Å². The number of benzene rings is 1. The highest BCUT2D eigenvalue weighted by molar-refractivity contribution is 5.96. The summed E-state index contributed by atoms with van der Waals surface area (Å²) in [6.07, 6.45) is 0.516. The van der Waals surface area contributed by atoms with Crippen molar-refractivity contribution in [1.29, 1.82) is 0 Å². The van der Waals surface area contributed by atoms with Gasteiger partial charge in [-0.1, -0.05) is 19.1 Å². The van der Waals surface area contributed by atoms with Crippen molar-refractivity contribution in [3.05, 3.63) is 29.8 Å². The van der Waals surface area contributed by atoms with E-state index in [1.807, 2.05) is 26.0 Å². The normalized spacial score (nSPS) is 10.1. The predicted octanol–water partition coefficient (Wildman–Crippen LogP) is 2.69. The van der Waals surface area contributed by atoms with E-state index in [2.05, 4.69) is 0 Å². The van der Waals surface area contributed by atoms with Crippen LogP contribution in [-0.4, -0.2) is 25.6 Å². The van der Waals surface area contributed by atoms with Gasteiger partial charge >= 0.3 is 0 Å². The third-order valence-electron chi connectivity index (χ3n) is 2.18. The molecular formula is C13H18O3. The van der Waals surface area contributed by atoms with E-state index in [4.69, 9.17) is 9.47 Å². The van der Waals surface area contributed by atoms with Crippen molar-refractivity contribution in [2.45, 2.75) is 20.3 Å². The van der Waals surface area contributed by atoms with E-state index in [0.29, 0.717) is 31.8 Å². The lowest BCUT2D eigenvalue weighted by atomic mass is 10.1. The maximum atomic E-state index is 11.5. The maximum Gasteiger partial charge on any atom is 0.162 e. The number of ketones is 1. The van der Waals surface area contributed by atoms with Crippen LogP contribution in [-0.2, 0) is 4.74 Å². The topological polar surface area (TPSA) is 35.5 Å². The molecule has 0 N–H and O–H groups in total. The Kier molecular flexibility index (Phi) is 5.57. The van der Waals surface area contributed by atoms with Crippen LogP contribution < -0.4 is 4.74 Å². The molecule has 0 spiro atoms. The molecule has 1 aromatic rings. The van der Waals surface area contributed by atoms with Gasteiger partial charge < -0.3 is 9.47 Å². The van der Waals surface area contributed by atoms with Crippen LogP contribution in [0.1, 0.15) is 30.6 Å². The molecule has 0 heterocycles. The highest BCUT2D eigenvalue weighted by atomic mass is 16.5. The number of ether oxygens (including phenoxy) is 2. The lowest BCUT2D eigenvalue weighted by Crippen LogP contribution is -2.06. The average molecular weight is 222 g/mol. The summed E-state index contributed by atoms with van der Waals surface area (Å²) >= 11 is 0. The quantitative estimate of drug-likeness (QED) is 0.525. The lowest BCUT2D eigenvalue weighted by molar-refractivity contribution is 0.0986. The van der Waals surface area contributed by atoms with E-state index in [9.17, 15) is 4.79 Å². The molecule has 0 atom stereocenters. The van der Waals surface area contributed by atoms with E-state index >= 15 is 0 Å². The molecular weight excluding hydrogens is 204 g/mol. The van der Waals surface area contributed by atoms with E-state index < -0.39 is 0 Å². The fourth-order valence-electron chi connectivity index (χ4n) is 1.33. The second-order valence-electron chi connectivity index (χ2n) is 3.35. The van der Waals surface area contributed by atoms with E-state index in [1.54, 1.807) is 12.1 Å². The minimum Gasteiger partial charge on any atom is -0.491 e. The van der Waals surface area contributed by atoms with Crippen molar-refractivity contribution < 1.29 is 14.3 Å². The Bertz CT molecular complexity index is 334. The van der Waals surface area contributed by atoms with Crippen molar-refractivity contribution in [3.63, 3.8) is 0 Å². The Balaban J connectivity index is 2.50. The number of rotatable bonds is 7. The first-order valence-corrected chi connectivity index (χ1v) is 5.61. The highest BCUT2D eigenvalue weighted by Gasteiger charge is 2.03. The maximum absolute atomic E-state index is 11.5. The SMILES string of the molecule is CCOCCOc1cccc(C(=O)CC)c1. The van der Waals surface area contributed by atoms with Crippen LogP contribution in [0.5, 0.6) is 5.75 Å². The molecule has 1 aromatic carbocycles. The molecule has 0 fully saturated rings. The Labute approximate surface area is 96.4 Å². The standard InChI is InChI=1S/C13H18O3/c1-3-13(14)11-6-5-7-12(10-11)16-9-8-15-4-2/h5-7,10H,3-4,8-9H2,1-2H3. The first kappa shape index (κ1) is 12.7. The van der Waals surface area contributed by atoms with Gasteiger partial charge in [-0.25, -0.2) is 0 Å². The predicted molar refractivity (Wildman–Crippen MR) is 63.1 cm³/mol. The number of carbonyl (C=O) groups excluding carboxylic acids is 1. The fourth-order valence-corrected chi connectivity index (χ4v) is 1.33. The zero-order chi connectivity index (χ0) is 11.8. The fraction of sp³-hybridized carbons (Fsp3) is 0.462. The molecule has 0 amide bonds.